The molecule has 1 aliphatic rings. The molecule has 83 heavy (non-hydrogen) atoms. The fraction of sp³-hybridized carbons (Fsp3) is 0.727. The first-order valence-corrected chi connectivity index (χ1v) is 94.3. The van der Waals surface area contributed by atoms with Crippen molar-refractivity contribution < 1.29 is 0 Å². The van der Waals surface area contributed by atoms with Crippen LogP contribution < -0.4 is 13.6 Å². The van der Waals surface area contributed by atoms with Crippen LogP contribution in [-0.4, -0.2) is 130 Å². The average Bonchev–Trinajstić information content (AvgIpc) is 3.08. The number of rotatable bonds is 22. The van der Waals surface area contributed by atoms with E-state index >= 15 is 0 Å². The first kappa shape index (κ1) is 77.7. The maximum absolute atomic E-state index is 3.16. The Morgan fingerprint density at radius 1 is 0.313 bits per heavy atom. The van der Waals surface area contributed by atoms with Crippen molar-refractivity contribution in [3.8, 4) is 0 Å². The second kappa shape index (κ2) is 24.6. The van der Waals surface area contributed by atoms with Gasteiger partial charge in [0.25, 0.3) is 0 Å². The van der Waals surface area contributed by atoms with Crippen LogP contribution in [0.2, 0.25) is 255 Å². The van der Waals surface area contributed by atoms with Gasteiger partial charge in [-0.15, -0.1) is 0 Å². The molecule has 3 aromatic carbocycles. The third-order valence-electron chi connectivity index (χ3n) is 19.4. The summed E-state index contributed by atoms with van der Waals surface area (Å²) in [4.78, 5) is 0. The summed E-state index contributed by atoms with van der Waals surface area (Å²) >= 11 is -2.88. The summed E-state index contributed by atoms with van der Waals surface area (Å²) in [7, 11) is -17.7. The Morgan fingerprint density at radius 3 is 0.783 bits per heavy atom. The second-order valence-corrected chi connectivity index (χ2v) is 148. The first-order chi connectivity index (χ1) is 36.2. The second-order valence-electron chi connectivity index (χ2n) is 41.2. The maximum atomic E-state index is 3.16. The molecule has 0 saturated carbocycles. The van der Waals surface area contributed by atoms with Crippen LogP contribution in [0.15, 0.2) is 36.4 Å². The molecule has 0 N–H and O–H groups in total. The molecule has 474 valence electrons. The van der Waals surface area contributed by atoms with E-state index in [4.69, 9.17) is 0 Å². The van der Waals surface area contributed by atoms with E-state index in [-0.39, 0.29) is 0 Å². The molecule has 1 saturated heterocycles. The molecule has 1 heterocycles. The Labute approximate surface area is 546 Å². The van der Waals surface area contributed by atoms with Crippen molar-refractivity contribution in [2.24, 2.45) is 0 Å². The zero-order valence-corrected chi connectivity index (χ0v) is 82.2. The molecule has 0 unspecified atom stereocenters. The number of hydrogen-bond donors (Lipinski definition) is 0. The molecule has 4 rings (SSSR count). The van der Waals surface area contributed by atoms with E-state index in [0.29, 0.717) is 30.1 Å². The van der Waals surface area contributed by atoms with Gasteiger partial charge in [0.15, 0.2) is 0 Å². The van der Waals surface area contributed by atoms with Gasteiger partial charge in [-0.05, 0) is 0 Å². The minimum absolute atomic E-state index is 0.325. The van der Waals surface area contributed by atoms with Crippen LogP contribution in [0.5, 0.6) is 0 Å². The molecule has 1 aliphatic heterocycles. The Morgan fingerprint density at radius 2 is 0.554 bits per heavy atom. The molecule has 0 aromatic heterocycles. The summed E-state index contributed by atoms with van der Waals surface area (Å²) in [5.74, 6) is 0. The van der Waals surface area contributed by atoms with Crippen molar-refractivity contribution >= 4 is 160 Å². The van der Waals surface area contributed by atoms with Crippen molar-refractivity contribution in [2.75, 3.05) is 0 Å². The average molecular weight is 1600 g/mol. The predicted octanol–water partition coefficient (Wildman–Crippen LogP) is 22.1. The quantitative estimate of drug-likeness (QED) is 0.0920. The predicted molar refractivity (Wildman–Crippen MR) is 438 cm³/mol. The van der Waals surface area contributed by atoms with Crippen LogP contribution in [0, 0.1) is 20.8 Å². The summed E-state index contributed by atoms with van der Waals surface area (Å²) < 4.78 is 2.41. The molecule has 3 aromatic rings. The molecule has 1 fully saturated rings. The van der Waals surface area contributed by atoms with Crippen LogP contribution in [-0.2, 0) is 4.28 Å². The van der Waals surface area contributed by atoms with Gasteiger partial charge in [0.05, 0.1) is 0 Å². The summed E-state index contributed by atoms with van der Waals surface area (Å²) in [5.41, 5.74) is 16.2. The number of aryl methyl sites for hydroxylation is 3. The fourth-order valence-electron chi connectivity index (χ4n) is 21.5. The fourth-order valence-corrected chi connectivity index (χ4v) is 194. The standard InChI is InChI=1S/C36H70S2Si7.C30H67Si7.Bi/c1-26-22-27(2)32(28(3)23-26)45(37,38)33-30(35(41(10,11)12)42(13,14)15)24-29(34(39(4,5)6)40(7,8)9)25-31(33)36(43(16,17)18)44(19,20)21;1-31(2,3)28(32(4,5)6)25-22-26(29(33(7,8)9)34(10,11)12)24-27(23-25)30(35(13,14)15,36(16,17)18)37(19,20)21;/h22-25,34-36H,1-21H3;23-24,28-29H,1-21H3;/q-2;;+2. The summed E-state index contributed by atoms with van der Waals surface area (Å²) in [6.45, 7) is 117. The van der Waals surface area contributed by atoms with Crippen LogP contribution >= 0.6 is 15.9 Å². The van der Waals surface area contributed by atoms with Crippen molar-refractivity contribution in [3.05, 3.63) is 86.5 Å². The van der Waals surface area contributed by atoms with Crippen molar-refractivity contribution in [2.45, 2.75) is 306 Å². The molecule has 0 spiro atoms. The zero-order chi connectivity index (χ0) is 65.5. The Bertz CT molecular complexity index is 2580. The third-order valence-corrected chi connectivity index (χ3v) is 155. The zero-order valence-electron chi connectivity index (χ0n) is 63.1. The molecular formula is C66H137BiS2Si14. The monoisotopic (exact) mass is 1590 g/mol. The van der Waals surface area contributed by atoms with Crippen LogP contribution in [0.3, 0.4) is 0 Å². The van der Waals surface area contributed by atoms with E-state index in [1.54, 1.807) is 16.7 Å². The van der Waals surface area contributed by atoms with E-state index in [0.717, 1.165) is 0 Å². The van der Waals surface area contributed by atoms with Crippen molar-refractivity contribution in [3.63, 3.8) is 0 Å². The summed E-state index contributed by atoms with van der Waals surface area (Å²) in [6, 6.07) is 17.8. The topological polar surface area (TPSA) is 0 Å². The van der Waals surface area contributed by atoms with Gasteiger partial charge in [-0.25, -0.2) is 0 Å². The molecule has 0 nitrogen and oxygen atoms in total. The van der Waals surface area contributed by atoms with Crippen molar-refractivity contribution in [1.29, 1.82) is 0 Å². The van der Waals surface area contributed by atoms with Crippen LogP contribution in [0.4, 0.5) is 0 Å². The van der Waals surface area contributed by atoms with E-state index in [1.807, 2.05) is 38.2 Å². The molecule has 0 atom stereocenters. The molecule has 17 heteroatoms. The van der Waals surface area contributed by atoms with Crippen molar-refractivity contribution in [1.82, 2.24) is 0 Å². The summed E-state index contributed by atoms with van der Waals surface area (Å²) in [5, 5.41) is 7.34. The van der Waals surface area contributed by atoms with Gasteiger partial charge in [-0.3, -0.25) is 0 Å². The number of benzene rings is 3. The summed E-state index contributed by atoms with van der Waals surface area (Å²) in [6.07, 6.45) is -2.67. The van der Waals surface area contributed by atoms with Gasteiger partial charge in [-0.1, -0.05) is 0 Å². The SMILES string of the molecule is Cc1cc(C)c([Si]2(c3c(C([Si](C)(C)C)[Si](C)(C)C)cc(C([Si](C)(C)C)[Si](C)(C)C)cc3C([Si](C)(C)C)[Si](C)(C)C)[S][Bi]([c]3c(C([Si](C)(C)C)[Si](C)(C)C)cc(C([Si](C)(C)C)([Si](C)(C)C)[Si](C)(C)C)cc3C([Si](C)(C)C)[Si](C)(C)C)[S]2)c(C)c1. The molecule has 0 bridgehead atoms. The van der Waals surface area contributed by atoms with E-state index in [2.05, 4.69) is 332 Å². The molecule has 0 amide bonds. The van der Waals surface area contributed by atoms with Gasteiger partial charge in [0.2, 0.25) is 0 Å². The molecule has 0 aliphatic carbocycles. The van der Waals surface area contributed by atoms with Gasteiger partial charge < -0.3 is 0 Å². The van der Waals surface area contributed by atoms with Gasteiger partial charge >= 0.3 is 552 Å². The van der Waals surface area contributed by atoms with Gasteiger partial charge in [0.1, 0.15) is 0 Å². The van der Waals surface area contributed by atoms with E-state index in [9.17, 15) is 0 Å². The Balaban J connectivity index is 2.68. The molecular weight excluding hydrogens is 1460 g/mol. The van der Waals surface area contributed by atoms with Gasteiger partial charge in [-0.2, -0.15) is 0 Å². The van der Waals surface area contributed by atoms with Crippen LogP contribution in [0.1, 0.15) is 75.9 Å². The first-order valence-electron chi connectivity index (χ1n) is 32.8. The van der Waals surface area contributed by atoms with E-state index < -0.39 is 130 Å². The minimum atomic E-state index is -2.88. The Kier molecular flexibility index (Phi) is 23.0. The molecule has 0 radical (unpaired) electrons. The third kappa shape index (κ3) is 15.9. The van der Waals surface area contributed by atoms with E-state index in [1.165, 1.54) is 5.56 Å². The normalized spacial score (nSPS) is 16.8. The van der Waals surface area contributed by atoms with Crippen LogP contribution in [0.25, 0.3) is 0 Å². The van der Waals surface area contributed by atoms with Gasteiger partial charge in [0, 0.05) is 0 Å². The number of hydrogen-bond acceptors (Lipinski definition) is 2. The Hall–Kier alpha value is 2.28.